The van der Waals surface area contributed by atoms with Crippen molar-refractivity contribution >= 4 is 11.5 Å². The van der Waals surface area contributed by atoms with Crippen LogP contribution < -0.4 is 10.6 Å². The molecule has 1 aromatic carbocycles. The molecule has 4 heteroatoms. The summed E-state index contributed by atoms with van der Waals surface area (Å²) in [6.07, 6.45) is 1.04. The summed E-state index contributed by atoms with van der Waals surface area (Å²) in [5.74, 6) is 0.0956. The smallest absolute Gasteiger partial charge is 0.123 e. The lowest BCUT2D eigenvalue weighted by Gasteiger charge is -2.24. The van der Waals surface area contributed by atoms with Gasteiger partial charge in [-0.3, -0.25) is 5.41 Å². The molecule has 0 saturated carbocycles. The van der Waals surface area contributed by atoms with E-state index in [1.54, 1.807) is 0 Å². The summed E-state index contributed by atoms with van der Waals surface area (Å²) in [5, 5.41) is 16.5. The Morgan fingerprint density at radius 2 is 2.12 bits per heavy atom. The van der Waals surface area contributed by atoms with Crippen molar-refractivity contribution in [2.24, 2.45) is 5.73 Å². The van der Waals surface area contributed by atoms with Gasteiger partial charge in [0.05, 0.1) is 6.61 Å². The molecule has 4 N–H and O–H groups in total. The Labute approximate surface area is 103 Å². The van der Waals surface area contributed by atoms with Crippen LogP contribution in [-0.4, -0.2) is 30.6 Å². The van der Waals surface area contributed by atoms with Gasteiger partial charge in [-0.05, 0) is 37.1 Å². The number of amidine groups is 1. The van der Waals surface area contributed by atoms with Crippen LogP contribution in [0.3, 0.4) is 0 Å². The molecule has 17 heavy (non-hydrogen) atoms. The third-order valence-corrected chi connectivity index (χ3v) is 2.73. The van der Waals surface area contributed by atoms with E-state index in [9.17, 15) is 0 Å². The maximum absolute atomic E-state index is 9.04. The van der Waals surface area contributed by atoms with Crippen LogP contribution in [0.2, 0.25) is 0 Å². The Hall–Kier alpha value is -1.55. The van der Waals surface area contributed by atoms with E-state index in [1.165, 1.54) is 0 Å². The lowest BCUT2D eigenvalue weighted by Crippen LogP contribution is -2.27. The minimum Gasteiger partial charge on any atom is -0.395 e. The first-order valence-corrected chi connectivity index (χ1v) is 5.91. The zero-order chi connectivity index (χ0) is 12.8. The van der Waals surface area contributed by atoms with E-state index in [1.807, 2.05) is 25.1 Å². The first-order valence-electron chi connectivity index (χ1n) is 5.91. The summed E-state index contributed by atoms with van der Waals surface area (Å²) >= 11 is 0. The quantitative estimate of drug-likeness (QED) is 0.516. The van der Waals surface area contributed by atoms with Crippen LogP contribution in [0, 0.1) is 12.3 Å². The van der Waals surface area contributed by atoms with Gasteiger partial charge in [0.25, 0.3) is 0 Å². The van der Waals surface area contributed by atoms with Crippen LogP contribution in [0.25, 0.3) is 0 Å². The van der Waals surface area contributed by atoms with Crippen molar-refractivity contribution in [2.75, 3.05) is 24.6 Å². The molecule has 1 rings (SSSR count). The number of aryl methyl sites for hydroxylation is 1. The maximum atomic E-state index is 9.04. The van der Waals surface area contributed by atoms with E-state index in [2.05, 4.69) is 11.8 Å². The van der Waals surface area contributed by atoms with Crippen molar-refractivity contribution in [3.8, 4) is 0 Å². The number of nitrogen functional groups attached to an aromatic ring is 1. The lowest BCUT2D eigenvalue weighted by atomic mass is 10.1. The molecule has 0 heterocycles. The molecule has 0 bridgehead atoms. The summed E-state index contributed by atoms with van der Waals surface area (Å²) in [6.45, 7) is 5.75. The predicted molar refractivity (Wildman–Crippen MR) is 71.8 cm³/mol. The molecule has 0 spiro atoms. The highest BCUT2D eigenvalue weighted by Crippen LogP contribution is 2.19. The van der Waals surface area contributed by atoms with Gasteiger partial charge in [0.15, 0.2) is 0 Å². The van der Waals surface area contributed by atoms with Gasteiger partial charge in [-0.15, -0.1) is 0 Å². The predicted octanol–water partition coefficient (Wildman–Crippen LogP) is 1.49. The lowest BCUT2D eigenvalue weighted by molar-refractivity contribution is 0.302. The number of aliphatic hydroxyl groups is 1. The summed E-state index contributed by atoms with van der Waals surface area (Å²) in [4.78, 5) is 2.14. The van der Waals surface area contributed by atoms with Crippen LogP contribution in [0.4, 0.5) is 5.69 Å². The molecule has 0 aliphatic heterocycles. The van der Waals surface area contributed by atoms with Crippen LogP contribution >= 0.6 is 0 Å². The average molecular weight is 235 g/mol. The van der Waals surface area contributed by atoms with Gasteiger partial charge < -0.3 is 15.7 Å². The molecular formula is C13H21N3O. The summed E-state index contributed by atoms with van der Waals surface area (Å²) in [6, 6.07) is 5.84. The molecule has 94 valence electrons. The first-order chi connectivity index (χ1) is 8.10. The van der Waals surface area contributed by atoms with E-state index in [0.717, 1.165) is 29.8 Å². The minimum atomic E-state index is 0.0956. The van der Waals surface area contributed by atoms with Crippen molar-refractivity contribution < 1.29 is 5.11 Å². The highest BCUT2D eigenvalue weighted by atomic mass is 16.3. The van der Waals surface area contributed by atoms with Crippen molar-refractivity contribution in [1.29, 1.82) is 5.41 Å². The van der Waals surface area contributed by atoms with Gasteiger partial charge >= 0.3 is 0 Å². The zero-order valence-corrected chi connectivity index (χ0v) is 10.5. The second-order valence-corrected chi connectivity index (χ2v) is 4.12. The van der Waals surface area contributed by atoms with E-state index < -0.39 is 0 Å². The second-order valence-electron chi connectivity index (χ2n) is 4.12. The van der Waals surface area contributed by atoms with E-state index in [4.69, 9.17) is 16.2 Å². The summed E-state index contributed by atoms with van der Waals surface area (Å²) in [7, 11) is 0. The van der Waals surface area contributed by atoms with Crippen LogP contribution in [-0.2, 0) is 0 Å². The van der Waals surface area contributed by atoms with Crippen LogP contribution in [0.5, 0.6) is 0 Å². The molecular weight excluding hydrogens is 214 g/mol. The molecule has 0 atom stereocenters. The fourth-order valence-corrected chi connectivity index (χ4v) is 1.91. The number of aliphatic hydroxyl groups excluding tert-OH is 1. The number of benzene rings is 1. The Morgan fingerprint density at radius 3 is 2.59 bits per heavy atom. The van der Waals surface area contributed by atoms with Gasteiger partial charge in [0.1, 0.15) is 5.84 Å². The Morgan fingerprint density at radius 1 is 1.41 bits per heavy atom. The number of hydrogen-bond acceptors (Lipinski definition) is 3. The Kier molecular flexibility index (Phi) is 4.97. The molecule has 0 radical (unpaired) electrons. The SMILES string of the molecule is CCCN(CCO)c1ccc(C(=N)N)c(C)c1. The topological polar surface area (TPSA) is 73.3 Å². The van der Waals surface area contributed by atoms with Crippen molar-refractivity contribution in [2.45, 2.75) is 20.3 Å². The highest BCUT2D eigenvalue weighted by Gasteiger charge is 2.08. The van der Waals surface area contributed by atoms with E-state index >= 15 is 0 Å². The minimum absolute atomic E-state index is 0.0956. The van der Waals surface area contributed by atoms with Gasteiger partial charge in [-0.25, -0.2) is 0 Å². The number of hydrogen-bond donors (Lipinski definition) is 3. The molecule has 0 aliphatic carbocycles. The third kappa shape index (κ3) is 3.46. The molecule has 0 amide bonds. The number of anilines is 1. The number of nitrogens with zero attached hydrogens (tertiary/aromatic N) is 1. The van der Waals surface area contributed by atoms with Crippen molar-refractivity contribution in [3.63, 3.8) is 0 Å². The third-order valence-electron chi connectivity index (χ3n) is 2.73. The maximum Gasteiger partial charge on any atom is 0.123 e. The standard InChI is InChI=1S/C13H21N3O/c1-3-6-16(7-8-17)11-4-5-12(13(14)15)10(2)9-11/h4-5,9,17H,3,6-8H2,1-2H3,(H3,14,15). The van der Waals surface area contributed by atoms with Crippen molar-refractivity contribution in [3.05, 3.63) is 29.3 Å². The van der Waals surface area contributed by atoms with Crippen LogP contribution in [0.1, 0.15) is 24.5 Å². The van der Waals surface area contributed by atoms with Gasteiger partial charge in [0.2, 0.25) is 0 Å². The zero-order valence-electron chi connectivity index (χ0n) is 10.5. The van der Waals surface area contributed by atoms with Gasteiger partial charge in [-0.1, -0.05) is 6.92 Å². The fraction of sp³-hybridized carbons (Fsp3) is 0.462. The normalized spacial score (nSPS) is 10.3. The number of nitrogens with two attached hydrogens (primary N) is 1. The highest BCUT2D eigenvalue weighted by molar-refractivity contribution is 5.96. The monoisotopic (exact) mass is 235 g/mol. The van der Waals surface area contributed by atoms with E-state index in [0.29, 0.717) is 6.54 Å². The number of nitrogens with one attached hydrogen (secondary N) is 1. The second kappa shape index (κ2) is 6.25. The van der Waals surface area contributed by atoms with Gasteiger partial charge in [-0.2, -0.15) is 0 Å². The van der Waals surface area contributed by atoms with Crippen LogP contribution in [0.15, 0.2) is 18.2 Å². The summed E-state index contributed by atoms with van der Waals surface area (Å²) < 4.78 is 0. The Bertz CT molecular complexity index is 384. The average Bonchev–Trinajstić information content (AvgIpc) is 2.28. The van der Waals surface area contributed by atoms with E-state index in [-0.39, 0.29) is 12.4 Å². The summed E-state index contributed by atoms with van der Waals surface area (Å²) in [5.41, 5.74) is 8.33. The molecule has 0 fully saturated rings. The molecule has 4 nitrogen and oxygen atoms in total. The molecule has 0 aliphatic rings. The first kappa shape index (κ1) is 13.5. The largest absolute Gasteiger partial charge is 0.395 e. The number of rotatable bonds is 6. The molecule has 0 aromatic heterocycles. The molecule has 0 unspecified atom stereocenters. The Balaban J connectivity index is 2.97. The molecule has 1 aromatic rings. The van der Waals surface area contributed by atoms with Crippen molar-refractivity contribution in [1.82, 2.24) is 0 Å². The molecule has 0 saturated heterocycles. The van der Waals surface area contributed by atoms with Gasteiger partial charge in [0, 0.05) is 24.3 Å². The fourth-order valence-electron chi connectivity index (χ4n) is 1.91.